The molecule has 7 nitrogen and oxygen atoms in total. The maximum absolute atomic E-state index is 10.8. The molecule has 106 valence electrons. The Bertz CT molecular complexity index is 453. The Morgan fingerprint density at radius 2 is 2.47 bits per heavy atom. The number of nitrogens with two attached hydrogens (primary N) is 1. The first-order valence-electron chi connectivity index (χ1n) is 5.96. The number of aliphatic hydroxyl groups is 1. The molecule has 2 rings (SSSR count). The highest BCUT2D eigenvalue weighted by Gasteiger charge is 2.27. The topological polar surface area (TPSA) is 109 Å². The van der Waals surface area contributed by atoms with E-state index in [9.17, 15) is 9.90 Å². The minimum atomic E-state index is -1.10. The molecule has 1 aliphatic heterocycles. The van der Waals surface area contributed by atoms with E-state index in [1.165, 1.54) is 11.3 Å². The van der Waals surface area contributed by atoms with Crippen molar-refractivity contribution in [3.05, 3.63) is 11.1 Å². The molecule has 2 heterocycles. The van der Waals surface area contributed by atoms with Gasteiger partial charge in [-0.2, -0.15) is 0 Å². The van der Waals surface area contributed by atoms with E-state index in [0.717, 1.165) is 0 Å². The van der Waals surface area contributed by atoms with Gasteiger partial charge in [-0.15, -0.1) is 11.3 Å². The van der Waals surface area contributed by atoms with Gasteiger partial charge in [0, 0.05) is 18.5 Å². The molecular weight excluding hydrogens is 270 g/mol. The van der Waals surface area contributed by atoms with Gasteiger partial charge in [0.05, 0.1) is 24.5 Å². The first-order valence-corrected chi connectivity index (χ1v) is 6.84. The average Bonchev–Trinajstić information content (AvgIpc) is 2.86. The predicted molar refractivity (Wildman–Crippen MR) is 70.3 cm³/mol. The van der Waals surface area contributed by atoms with Crippen LogP contribution in [0.25, 0.3) is 0 Å². The van der Waals surface area contributed by atoms with Crippen LogP contribution in [-0.2, 0) is 9.53 Å². The molecule has 0 aliphatic carbocycles. The van der Waals surface area contributed by atoms with Crippen LogP contribution in [0.5, 0.6) is 0 Å². The Morgan fingerprint density at radius 1 is 1.74 bits per heavy atom. The second-order valence-electron chi connectivity index (χ2n) is 4.53. The van der Waals surface area contributed by atoms with E-state index in [-0.39, 0.29) is 18.8 Å². The normalized spacial score (nSPS) is 25.3. The monoisotopic (exact) mass is 287 g/mol. The molecule has 3 atom stereocenters. The van der Waals surface area contributed by atoms with Crippen molar-refractivity contribution in [2.75, 3.05) is 24.6 Å². The van der Waals surface area contributed by atoms with Crippen LogP contribution in [0.1, 0.15) is 18.7 Å². The molecular formula is C11H17N3O4S. The van der Waals surface area contributed by atoms with Crippen LogP contribution >= 0.6 is 11.3 Å². The Kier molecular flexibility index (Phi) is 4.35. The van der Waals surface area contributed by atoms with Crippen LogP contribution in [0.3, 0.4) is 0 Å². The predicted octanol–water partition coefficient (Wildman–Crippen LogP) is -0.187. The van der Waals surface area contributed by atoms with Crippen molar-refractivity contribution < 1.29 is 19.7 Å². The van der Waals surface area contributed by atoms with E-state index in [1.807, 2.05) is 11.8 Å². The molecule has 0 amide bonds. The Labute approximate surface area is 114 Å². The number of carboxylic acids is 1. The first kappa shape index (κ1) is 14.2. The van der Waals surface area contributed by atoms with Gasteiger partial charge < -0.3 is 25.6 Å². The Hall–Kier alpha value is -1.22. The highest BCUT2D eigenvalue weighted by atomic mass is 32.1. The average molecular weight is 287 g/mol. The molecule has 0 bridgehead atoms. The van der Waals surface area contributed by atoms with Crippen LogP contribution in [-0.4, -0.2) is 53.1 Å². The summed E-state index contributed by atoms with van der Waals surface area (Å²) in [5.41, 5.74) is 5.88. The Balaban J connectivity index is 2.11. The van der Waals surface area contributed by atoms with Gasteiger partial charge in [0.25, 0.3) is 0 Å². The number of carboxylic acid groups (broad SMARTS) is 1. The fourth-order valence-corrected chi connectivity index (χ4v) is 2.87. The quantitative estimate of drug-likeness (QED) is 0.704. The highest BCUT2D eigenvalue weighted by Crippen LogP contribution is 2.26. The van der Waals surface area contributed by atoms with E-state index in [4.69, 9.17) is 15.6 Å². The summed E-state index contributed by atoms with van der Waals surface area (Å²) in [6.45, 7) is 3.07. The lowest BCUT2D eigenvalue weighted by Crippen LogP contribution is -2.48. The van der Waals surface area contributed by atoms with Gasteiger partial charge in [0.1, 0.15) is 6.04 Å². The molecule has 1 aromatic rings. The smallest absolute Gasteiger partial charge is 0.326 e. The SMILES string of the molecule is CC1CN(c2nc(C(N)C(=O)O)cs2)CC(CO)O1. The molecule has 8 heteroatoms. The summed E-state index contributed by atoms with van der Waals surface area (Å²) in [4.78, 5) is 17.1. The molecule has 0 spiro atoms. The van der Waals surface area contributed by atoms with Crippen molar-refractivity contribution in [3.63, 3.8) is 0 Å². The van der Waals surface area contributed by atoms with E-state index in [2.05, 4.69) is 4.98 Å². The van der Waals surface area contributed by atoms with E-state index in [0.29, 0.717) is 23.9 Å². The number of nitrogens with zero attached hydrogens (tertiary/aromatic N) is 2. The number of ether oxygens (including phenoxy) is 1. The number of rotatable bonds is 4. The number of carbonyl (C=O) groups is 1. The number of hydrogen-bond acceptors (Lipinski definition) is 7. The third kappa shape index (κ3) is 3.21. The third-order valence-corrected chi connectivity index (χ3v) is 3.81. The second-order valence-corrected chi connectivity index (χ2v) is 5.36. The lowest BCUT2D eigenvalue weighted by molar-refractivity contribution is -0.138. The van der Waals surface area contributed by atoms with Crippen molar-refractivity contribution in [2.45, 2.75) is 25.2 Å². The van der Waals surface area contributed by atoms with Crippen molar-refractivity contribution in [2.24, 2.45) is 5.73 Å². The number of aromatic nitrogens is 1. The van der Waals surface area contributed by atoms with Crippen LogP contribution in [0.4, 0.5) is 5.13 Å². The van der Waals surface area contributed by atoms with Gasteiger partial charge in [0.2, 0.25) is 0 Å². The molecule has 0 aromatic carbocycles. The molecule has 3 unspecified atom stereocenters. The summed E-state index contributed by atoms with van der Waals surface area (Å²) >= 11 is 1.35. The minimum absolute atomic E-state index is 0.00797. The van der Waals surface area contributed by atoms with Gasteiger partial charge >= 0.3 is 5.97 Å². The molecule has 1 saturated heterocycles. The van der Waals surface area contributed by atoms with Crippen LogP contribution < -0.4 is 10.6 Å². The van der Waals surface area contributed by atoms with Gasteiger partial charge in [-0.05, 0) is 6.92 Å². The third-order valence-electron chi connectivity index (χ3n) is 2.89. The minimum Gasteiger partial charge on any atom is -0.480 e. The largest absolute Gasteiger partial charge is 0.480 e. The van der Waals surface area contributed by atoms with Crippen LogP contribution in [0.15, 0.2) is 5.38 Å². The van der Waals surface area contributed by atoms with E-state index >= 15 is 0 Å². The fraction of sp³-hybridized carbons (Fsp3) is 0.636. The summed E-state index contributed by atoms with van der Waals surface area (Å²) in [5.74, 6) is -1.10. The standard InChI is InChI=1S/C11H17N3O4S/c1-6-2-14(3-7(4-15)18-6)11-13-8(5-19-11)9(12)10(16)17/h5-7,9,15H,2-4,12H2,1H3,(H,16,17). The molecule has 1 aromatic heterocycles. The summed E-state index contributed by atoms with van der Waals surface area (Å²) in [6.07, 6.45) is -0.254. The highest BCUT2D eigenvalue weighted by molar-refractivity contribution is 7.13. The number of morpholine rings is 1. The Morgan fingerprint density at radius 3 is 3.11 bits per heavy atom. The summed E-state index contributed by atoms with van der Waals surface area (Å²) in [6, 6.07) is -1.10. The molecule has 0 saturated carbocycles. The van der Waals surface area contributed by atoms with Gasteiger partial charge in [-0.3, -0.25) is 4.79 Å². The maximum atomic E-state index is 10.8. The van der Waals surface area contributed by atoms with E-state index < -0.39 is 12.0 Å². The zero-order valence-electron chi connectivity index (χ0n) is 10.5. The lowest BCUT2D eigenvalue weighted by Gasteiger charge is -2.35. The second kappa shape index (κ2) is 5.83. The molecule has 4 N–H and O–H groups in total. The lowest BCUT2D eigenvalue weighted by atomic mass is 10.2. The van der Waals surface area contributed by atoms with Crippen molar-refractivity contribution in [3.8, 4) is 0 Å². The van der Waals surface area contributed by atoms with Gasteiger partial charge in [-0.25, -0.2) is 4.98 Å². The molecule has 1 fully saturated rings. The number of hydrogen-bond donors (Lipinski definition) is 3. The summed E-state index contributed by atoms with van der Waals surface area (Å²) in [7, 11) is 0. The zero-order valence-corrected chi connectivity index (χ0v) is 11.3. The summed E-state index contributed by atoms with van der Waals surface area (Å²) in [5, 5.41) is 20.4. The maximum Gasteiger partial charge on any atom is 0.326 e. The molecule has 0 radical (unpaired) electrons. The van der Waals surface area contributed by atoms with Gasteiger partial charge in [0.15, 0.2) is 5.13 Å². The van der Waals surface area contributed by atoms with Crippen molar-refractivity contribution in [1.29, 1.82) is 0 Å². The number of aliphatic hydroxyl groups excluding tert-OH is 1. The van der Waals surface area contributed by atoms with Gasteiger partial charge in [-0.1, -0.05) is 0 Å². The molecule has 19 heavy (non-hydrogen) atoms. The zero-order chi connectivity index (χ0) is 14.0. The van der Waals surface area contributed by atoms with Crippen LogP contribution in [0, 0.1) is 0 Å². The van der Waals surface area contributed by atoms with Crippen LogP contribution in [0.2, 0.25) is 0 Å². The fourth-order valence-electron chi connectivity index (χ4n) is 1.99. The van der Waals surface area contributed by atoms with Crippen molar-refractivity contribution in [1.82, 2.24) is 4.98 Å². The van der Waals surface area contributed by atoms with Crippen molar-refractivity contribution >= 4 is 22.4 Å². The summed E-state index contributed by atoms with van der Waals surface area (Å²) < 4.78 is 5.55. The van der Waals surface area contributed by atoms with E-state index in [1.54, 1.807) is 5.38 Å². The first-order chi connectivity index (χ1) is 9.01. The number of thiazole rings is 1. The molecule has 1 aliphatic rings. The number of aliphatic carboxylic acids is 1. The number of anilines is 1.